The summed E-state index contributed by atoms with van der Waals surface area (Å²) in [5.74, 6) is -0.0349. The first kappa shape index (κ1) is 13.4. The molecule has 2 atom stereocenters. The zero-order valence-corrected chi connectivity index (χ0v) is 11.1. The van der Waals surface area contributed by atoms with Crippen molar-refractivity contribution < 1.29 is 14.6 Å². The van der Waals surface area contributed by atoms with Gasteiger partial charge in [-0.3, -0.25) is 4.79 Å². The molecule has 0 saturated carbocycles. The van der Waals surface area contributed by atoms with E-state index in [0.29, 0.717) is 6.61 Å². The van der Waals surface area contributed by atoms with Gasteiger partial charge in [0.25, 0.3) is 0 Å². The number of fused-ring (bicyclic) bond motifs is 1. The smallest absolute Gasteiger partial charge is 0.234 e. The van der Waals surface area contributed by atoms with Crippen LogP contribution in [-0.4, -0.2) is 42.6 Å². The molecule has 0 bridgehead atoms. The number of hydrogen-bond donors (Lipinski definition) is 2. The van der Waals surface area contributed by atoms with Crippen molar-refractivity contribution >= 4 is 17.7 Å². The first-order valence-corrected chi connectivity index (χ1v) is 6.77. The van der Waals surface area contributed by atoms with Crippen LogP contribution < -0.4 is 5.32 Å². The fourth-order valence-corrected chi connectivity index (χ4v) is 3.17. The Morgan fingerprint density at radius 1 is 1.61 bits per heavy atom. The Bertz CT molecular complexity index is 399. The second-order valence-corrected chi connectivity index (χ2v) is 5.51. The van der Waals surface area contributed by atoms with Gasteiger partial charge in [0.1, 0.15) is 0 Å². The van der Waals surface area contributed by atoms with Crippen molar-refractivity contribution in [2.75, 3.05) is 20.3 Å². The van der Waals surface area contributed by atoms with Crippen LogP contribution in [0.25, 0.3) is 0 Å². The number of aliphatic hydroxyl groups excluding tert-OH is 1. The summed E-state index contributed by atoms with van der Waals surface area (Å²) in [7, 11) is 1.55. The Morgan fingerprint density at radius 3 is 3.06 bits per heavy atom. The first-order valence-electron chi connectivity index (χ1n) is 5.89. The molecule has 18 heavy (non-hydrogen) atoms. The van der Waals surface area contributed by atoms with Crippen LogP contribution in [0.3, 0.4) is 0 Å². The number of carbonyl (C=O) groups is 1. The standard InChI is InChI=1S/C13H17NO3S/c1-17-8-10(7-15)14-13(16)12-6-9-4-2-3-5-11(9)18-12/h2-5,10,12,15H,6-8H2,1H3,(H,14,16). The average Bonchev–Trinajstić information content (AvgIpc) is 2.82. The van der Waals surface area contributed by atoms with Crippen molar-refractivity contribution in [2.45, 2.75) is 22.6 Å². The number of hydrogen-bond acceptors (Lipinski definition) is 4. The van der Waals surface area contributed by atoms with Gasteiger partial charge < -0.3 is 15.2 Å². The van der Waals surface area contributed by atoms with Gasteiger partial charge >= 0.3 is 0 Å². The highest BCUT2D eigenvalue weighted by molar-refractivity contribution is 8.01. The molecule has 0 aliphatic carbocycles. The van der Waals surface area contributed by atoms with Gasteiger partial charge in [0, 0.05) is 12.0 Å². The van der Waals surface area contributed by atoms with Gasteiger partial charge in [0.15, 0.2) is 0 Å². The normalized spacial score (nSPS) is 19.3. The van der Waals surface area contributed by atoms with Crippen LogP contribution in [0.2, 0.25) is 0 Å². The highest BCUT2D eigenvalue weighted by Crippen LogP contribution is 2.36. The predicted octanol–water partition coefficient (Wildman–Crippen LogP) is 0.827. The zero-order valence-electron chi connectivity index (χ0n) is 10.3. The van der Waals surface area contributed by atoms with Crippen LogP contribution in [0.5, 0.6) is 0 Å². The van der Waals surface area contributed by atoms with Gasteiger partial charge in [-0.15, -0.1) is 11.8 Å². The molecule has 98 valence electrons. The Labute approximate surface area is 111 Å². The largest absolute Gasteiger partial charge is 0.394 e. The zero-order chi connectivity index (χ0) is 13.0. The van der Waals surface area contributed by atoms with Gasteiger partial charge in [-0.1, -0.05) is 18.2 Å². The van der Waals surface area contributed by atoms with E-state index in [1.54, 1.807) is 18.9 Å². The topological polar surface area (TPSA) is 58.6 Å². The number of ether oxygens (including phenoxy) is 1. The molecule has 0 spiro atoms. The predicted molar refractivity (Wildman–Crippen MR) is 70.7 cm³/mol. The van der Waals surface area contributed by atoms with Gasteiger partial charge in [-0.05, 0) is 18.1 Å². The summed E-state index contributed by atoms with van der Waals surface area (Å²) in [5.41, 5.74) is 1.22. The summed E-state index contributed by atoms with van der Waals surface area (Å²) in [5, 5.41) is 11.8. The third-order valence-corrected chi connectivity index (χ3v) is 4.19. The van der Waals surface area contributed by atoms with E-state index in [1.165, 1.54) is 10.5 Å². The molecule has 5 heteroatoms. The molecule has 0 fully saturated rings. The number of thioether (sulfide) groups is 1. The SMILES string of the molecule is COCC(CO)NC(=O)C1Cc2ccccc2S1. The summed E-state index contributed by atoms with van der Waals surface area (Å²) in [4.78, 5) is 13.2. The number of carbonyl (C=O) groups excluding carboxylic acids is 1. The molecule has 1 aliphatic rings. The summed E-state index contributed by atoms with van der Waals surface area (Å²) in [6, 6.07) is 7.72. The second-order valence-electron chi connectivity index (χ2n) is 4.26. The molecular formula is C13H17NO3S. The third kappa shape index (κ3) is 3.04. The van der Waals surface area contributed by atoms with Crippen LogP contribution in [-0.2, 0) is 16.0 Å². The number of amides is 1. The van der Waals surface area contributed by atoms with E-state index >= 15 is 0 Å². The molecule has 2 rings (SSSR count). The van der Waals surface area contributed by atoms with Gasteiger partial charge in [0.2, 0.25) is 5.91 Å². The molecule has 4 nitrogen and oxygen atoms in total. The van der Waals surface area contributed by atoms with E-state index in [1.807, 2.05) is 24.3 Å². The molecule has 1 aliphatic heterocycles. The van der Waals surface area contributed by atoms with E-state index in [9.17, 15) is 4.79 Å². The maximum Gasteiger partial charge on any atom is 0.234 e. The Balaban J connectivity index is 1.92. The van der Waals surface area contributed by atoms with Crippen molar-refractivity contribution in [2.24, 2.45) is 0 Å². The first-order chi connectivity index (χ1) is 8.74. The van der Waals surface area contributed by atoms with E-state index in [4.69, 9.17) is 9.84 Å². The highest BCUT2D eigenvalue weighted by atomic mass is 32.2. The van der Waals surface area contributed by atoms with Crippen LogP contribution in [0, 0.1) is 0 Å². The minimum Gasteiger partial charge on any atom is -0.394 e. The monoisotopic (exact) mass is 267 g/mol. The third-order valence-electron chi connectivity index (χ3n) is 2.87. The summed E-state index contributed by atoms with van der Waals surface area (Å²) >= 11 is 1.58. The molecule has 1 heterocycles. The van der Waals surface area contributed by atoms with Crippen molar-refractivity contribution in [1.29, 1.82) is 0 Å². The Hall–Kier alpha value is -1.04. The number of methoxy groups -OCH3 is 1. The lowest BCUT2D eigenvalue weighted by molar-refractivity contribution is -0.121. The lowest BCUT2D eigenvalue weighted by Crippen LogP contribution is -2.44. The number of nitrogens with one attached hydrogen (secondary N) is 1. The lowest BCUT2D eigenvalue weighted by atomic mass is 10.1. The van der Waals surface area contributed by atoms with Crippen molar-refractivity contribution in [3.8, 4) is 0 Å². The molecule has 0 saturated heterocycles. The Morgan fingerprint density at radius 2 is 2.39 bits per heavy atom. The van der Waals surface area contributed by atoms with Crippen LogP contribution in [0.15, 0.2) is 29.2 Å². The quantitative estimate of drug-likeness (QED) is 0.829. The number of benzene rings is 1. The highest BCUT2D eigenvalue weighted by Gasteiger charge is 2.29. The summed E-state index contributed by atoms with van der Waals surface area (Å²) in [6.07, 6.45) is 0.748. The van der Waals surface area contributed by atoms with E-state index in [0.717, 1.165) is 6.42 Å². The molecular weight excluding hydrogens is 250 g/mol. The second kappa shape index (κ2) is 6.22. The molecule has 0 aromatic heterocycles. The number of aliphatic hydroxyl groups is 1. The number of rotatable bonds is 5. The molecule has 1 amide bonds. The van der Waals surface area contributed by atoms with E-state index in [-0.39, 0.29) is 23.8 Å². The minimum atomic E-state index is -0.327. The van der Waals surface area contributed by atoms with Gasteiger partial charge in [-0.2, -0.15) is 0 Å². The van der Waals surface area contributed by atoms with E-state index < -0.39 is 0 Å². The van der Waals surface area contributed by atoms with Crippen molar-refractivity contribution in [1.82, 2.24) is 5.32 Å². The van der Waals surface area contributed by atoms with Crippen LogP contribution in [0.1, 0.15) is 5.56 Å². The fourth-order valence-electron chi connectivity index (χ4n) is 1.96. The Kier molecular flexibility index (Phi) is 4.63. The van der Waals surface area contributed by atoms with Crippen LogP contribution >= 0.6 is 11.8 Å². The molecule has 1 aromatic rings. The summed E-state index contributed by atoms with van der Waals surface area (Å²) in [6.45, 7) is 0.219. The summed E-state index contributed by atoms with van der Waals surface area (Å²) < 4.78 is 4.94. The van der Waals surface area contributed by atoms with Crippen LogP contribution in [0.4, 0.5) is 0 Å². The van der Waals surface area contributed by atoms with Crippen molar-refractivity contribution in [3.63, 3.8) is 0 Å². The molecule has 2 unspecified atom stereocenters. The van der Waals surface area contributed by atoms with Gasteiger partial charge in [0.05, 0.1) is 24.5 Å². The molecule has 0 radical (unpaired) electrons. The van der Waals surface area contributed by atoms with Gasteiger partial charge in [-0.25, -0.2) is 0 Å². The maximum atomic E-state index is 12.1. The lowest BCUT2D eigenvalue weighted by Gasteiger charge is -2.17. The molecule has 1 aromatic carbocycles. The maximum absolute atomic E-state index is 12.1. The molecule has 2 N–H and O–H groups in total. The minimum absolute atomic E-state index is 0.0349. The average molecular weight is 267 g/mol. The van der Waals surface area contributed by atoms with Crippen molar-refractivity contribution in [3.05, 3.63) is 29.8 Å². The van der Waals surface area contributed by atoms with E-state index in [2.05, 4.69) is 5.32 Å². The fraction of sp³-hybridized carbons (Fsp3) is 0.462.